The first-order valence-electron chi connectivity index (χ1n) is 8.86. The first-order valence-corrected chi connectivity index (χ1v) is 8.86. The fourth-order valence-electron chi connectivity index (χ4n) is 2.78. The number of aromatic nitrogens is 2. The lowest BCUT2D eigenvalue weighted by Gasteiger charge is -2.33. The van der Waals surface area contributed by atoms with Crippen LogP contribution in [0, 0.1) is 0 Å². The molecule has 138 valence electrons. The number of rotatable bonds is 5. The van der Waals surface area contributed by atoms with Crippen LogP contribution in [-0.4, -0.2) is 52.0 Å². The average Bonchev–Trinajstić information content (AvgIpc) is 2.68. The van der Waals surface area contributed by atoms with Crippen molar-refractivity contribution in [3.8, 4) is 0 Å². The molecule has 0 bridgehead atoms. The van der Waals surface area contributed by atoms with E-state index < -0.39 is 0 Å². The molecule has 0 spiro atoms. The van der Waals surface area contributed by atoms with Crippen LogP contribution in [0.5, 0.6) is 0 Å². The third-order valence-corrected chi connectivity index (χ3v) is 4.45. The maximum Gasteiger partial charge on any atom is 0.410 e. The number of benzene rings is 1. The molecule has 1 amide bonds. The van der Waals surface area contributed by atoms with E-state index in [0.29, 0.717) is 26.2 Å². The molecule has 2 aromatic rings. The third-order valence-electron chi connectivity index (χ3n) is 4.45. The molecular weight excluding hydrogens is 330 g/mol. The van der Waals surface area contributed by atoms with E-state index in [9.17, 15) is 4.79 Å². The Hall–Kier alpha value is -2.51. The molecule has 1 fully saturated rings. The first-order chi connectivity index (χ1) is 12.6. The standard InChI is InChI=1S/C19H25N5O2/c1-15(20)17-11-21-18(22-12-17)13-23-7-9-24(10-8-23)19(25)26-14-16-5-3-2-4-6-16/h2-6,11-12,15H,7-10,13-14,20H2,1H3. The van der Waals surface area contributed by atoms with Gasteiger partial charge in [0.05, 0.1) is 6.54 Å². The predicted octanol–water partition coefficient (Wildman–Crippen LogP) is 1.95. The van der Waals surface area contributed by atoms with Crippen molar-refractivity contribution in [2.45, 2.75) is 26.1 Å². The van der Waals surface area contributed by atoms with Crippen molar-refractivity contribution in [3.63, 3.8) is 0 Å². The molecular formula is C19H25N5O2. The minimum absolute atomic E-state index is 0.0607. The summed E-state index contributed by atoms with van der Waals surface area (Å²) < 4.78 is 5.39. The number of hydrogen-bond donors (Lipinski definition) is 1. The van der Waals surface area contributed by atoms with Gasteiger partial charge in [0.2, 0.25) is 0 Å². The van der Waals surface area contributed by atoms with Gasteiger partial charge < -0.3 is 15.4 Å². The third kappa shape index (κ3) is 5.00. The SMILES string of the molecule is CC(N)c1cnc(CN2CCN(C(=O)OCc3ccccc3)CC2)nc1. The van der Waals surface area contributed by atoms with Gasteiger partial charge in [-0.15, -0.1) is 0 Å². The van der Waals surface area contributed by atoms with Crippen LogP contribution in [-0.2, 0) is 17.9 Å². The quantitative estimate of drug-likeness (QED) is 0.882. The maximum atomic E-state index is 12.2. The van der Waals surface area contributed by atoms with Gasteiger partial charge in [-0.3, -0.25) is 4.90 Å². The molecule has 7 nitrogen and oxygen atoms in total. The highest BCUT2D eigenvalue weighted by atomic mass is 16.6. The molecule has 1 aliphatic rings. The van der Waals surface area contributed by atoms with Crippen LogP contribution in [0.3, 0.4) is 0 Å². The lowest BCUT2D eigenvalue weighted by Crippen LogP contribution is -2.48. The first kappa shape index (κ1) is 18.3. The van der Waals surface area contributed by atoms with Gasteiger partial charge in [-0.2, -0.15) is 0 Å². The van der Waals surface area contributed by atoms with E-state index >= 15 is 0 Å². The summed E-state index contributed by atoms with van der Waals surface area (Å²) in [4.78, 5) is 24.9. The highest BCUT2D eigenvalue weighted by Crippen LogP contribution is 2.10. The molecule has 1 aromatic heterocycles. The summed E-state index contributed by atoms with van der Waals surface area (Å²) >= 11 is 0. The van der Waals surface area contributed by atoms with Crippen LogP contribution >= 0.6 is 0 Å². The van der Waals surface area contributed by atoms with E-state index in [1.54, 1.807) is 17.3 Å². The van der Waals surface area contributed by atoms with Crippen molar-refractivity contribution in [2.75, 3.05) is 26.2 Å². The number of nitrogens with two attached hydrogens (primary N) is 1. The van der Waals surface area contributed by atoms with E-state index in [-0.39, 0.29) is 12.1 Å². The number of hydrogen-bond acceptors (Lipinski definition) is 6. The average molecular weight is 355 g/mol. The van der Waals surface area contributed by atoms with E-state index in [2.05, 4.69) is 14.9 Å². The fourth-order valence-corrected chi connectivity index (χ4v) is 2.78. The Bertz CT molecular complexity index is 698. The normalized spacial score (nSPS) is 16.3. The summed E-state index contributed by atoms with van der Waals surface area (Å²) in [7, 11) is 0. The Morgan fingerprint density at radius 2 is 1.81 bits per heavy atom. The number of amides is 1. The topological polar surface area (TPSA) is 84.6 Å². The van der Waals surface area contributed by atoms with Crippen molar-refractivity contribution < 1.29 is 9.53 Å². The fraction of sp³-hybridized carbons (Fsp3) is 0.421. The maximum absolute atomic E-state index is 12.2. The van der Waals surface area contributed by atoms with Crippen molar-refractivity contribution in [3.05, 3.63) is 59.7 Å². The smallest absolute Gasteiger partial charge is 0.410 e. The van der Waals surface area contributed by atoms with Crippen molar-refractivity contribution in [1.29, 1.82) is 0 Å². The van der Waals surface area contributed by atoms with Crippen LogP contribution in [0.2, 0.25) is 0 Å². The van der Waals surface area contributed by atoms with Gasteiger partial charge >= 0.3 is 6.09 Å². The van der Waals surface area contributed by atoms with Gasteiger partial charge in [-0.25, -0.2) is 14.8 Å². The van der Waals surface area contributed by atoms with Crippen molar-refractivity contribution in [1.82, 2.24) is 19.8 Å². The van der Waals surface area contributed by atoms with Crippen molar-refractivity contribution >= 4 is 6.09 Å². The van der Waals surface area contributed by atoms with E-state index in [1.807, 2.05) is 37.3 Å². The Balaban J connectivity index is 1.42. The lowest BCUT2D eigenvalue weighted by molar-refractivity contribution is 0.0695. The van der Waals surface area contributed by atoms with Crippen LogP contribution in [0.15, 0.2) is 42.7 Å². The van der Waals surface area contributed by atoms with E-state index in [4.69, 9.17) is 10.5 Å². The highest BCUT2D eigenvalue weighted by Gasteiger charge is 2.22. The Morgan fingerprint density at radius 1 is 1.15 bits per heavy atom. The second-order valence-electron chi connectivity index (χ2n) is 6.52. The summed E-state index contributed by atoms with van der Waals surface area (Å²) in [6, 6.07) is 9.65. The molecule has 7 heteroatoms. The van der Waals surface area contributed by atoms with Gasteiger partial charge in [0, 0.05) is 50.2 Å². The molecule has 1 saturated heterocycles. The highest BCUT2D eigenvalue weighted by molar-refractivity contribution is 5.67. The van der Waals surface area contributed by atoms with Crippen molar-refractivity contribution in [2.24, 2.45) is 5.73 Å². The number of nitrogens with zero attached hydrogens (tertiary/aromatic N) is 4. The number of ether oxygens (including phenoxy) is 1. The molecule has 1 aromatic carbocycles. The van der Waals surface area contributed by atoms with Gasteiger partial charge in [-0.1, -0.05) is 30.3 Å². The molecule has 2 N–H and O–H groups in total. The minimum Gasteiger partial charge on any atom is -0.445 e. The molecule has 0 saturated carbocycles. The summed E-state index contributed by atoms with van der Waals surface area (Å²) in [6.45, 7) is 5.73. The predicted molar refractivity (Wildman–Crippen MR) is 98.1 cm³/mol. The Kier molecular flexibility index (Phi) is 6.14. The van der Waals surface area contributed by atoms with Crippen LogP contribution in [0.25, 0.3) is 0 Å². The van der Waals surface area contributed by atoms with Crippen LogP contribution < -0.4 is 5.73 Å². The van der Waals surface area contributed by atoms with Gasteiger partial charge in [0.15, 0.2) is 0 Å². The lowest BCUT2D eigenvalue weighted by atomic mass is 10.2. The van der Waals surface area contributed by atoms with E-state index in [0.717, 1.165) is 30.0 Å². The molecule has 1 aliphatic heterocycles. The largest absolute Gasteiger partial charge is 0.445 e. The molecule has 3 rings (SSSR count). The minimum atomic E-state index is -0.258. The summed E-state index contributed by atoms with van der Waals surface area (Å²) in [6.07, 6.45) is 3.31. The van der Waals surface area contributed by atoms with Gasteiger partial charge in [0.25, 0.3) is 0 Å². The monoisotopic (exact) mass is 355 g/mol. The van der Waals surface area contributed by atoms with Gasteiger partial charge in [0.1, 0.15) is 12.4 Å². The summed E-state index contributed by atoms with van der Waals surface area (Å²) in [5.41, 5.74) is 7.74. The number of piperazine rings is 1. The second-order valence-corrected chi connectivity index (χ2v) is 6.52. The van der Waals surface area contributed by atoms with Crippen LogP contribution in [0.4, 0.5) is 4.79 Å². The zero-order valence-electron chi connectivity index (χ0n) is 15.0. The van der Waals surface area contributed by atoms with E-state index in [1.165, 1.54) is 0 Å². The van der Waals surface area contributed by atoms with Gasteiger partial charge in [-0.05, 0) is 12.5 Å². The molecule has 2 heterocycles. The molecule has 0 radical (unpaired) electrons. The molecule has 1 unspecified atom stereocenters. The second kappa shape index (κ2) is 8.73. The summed E-state index contributed by atoms with van der Waals surface area (Å²) in [5.74, 6) is 0.773. The summed E-state index contributed by atoms with van der Waals surface area (Å²) in [5, 5.41) is 0. The molecule has 26 heavy (non-hydrogen) atoms. The van der Waals surface area contributed by atoms with Crippen LogP contribution in [0.1, 0.15) is 29.9 Å². The zero-order chi connectivity index (χ0) is 18.4. The Labute approximate surface area is 153 Å². The Morgan fingerprint density at radius 3 is 2.42 bits per heavy atom. The number of carbonyl (C=O) groups excluding carboxylic acids is 1. The molecule has 0 aliphatic carbocycles. The zero-order valence-corrected chi connectivity index (χ0v) is 15.0. The molecule has 1 atom stereocenters. The number of carbonyl (C=O) groups is 1.